The Morgan fingerprint density at radius 1 is 1.30 bits per heavy atom. The van der Waals surface area contributed by atoms with Gasteiger partial charge in [0, 0.05) is 19.8 Å². The van der Waals surface area contributed by atoms with Crippen LogP contribution in [0.2, 0.25) is 0 Å². The van der Waals surface area contributed by atoms with Crippen molar-refractivity contribution in [3.05, 3.63) is 35.6 Å². The average Bonchev–Trinajstić information content (AvgIpc) is 2.45. The summed E-state index contributed by atoms with van der Waals surface area (Å²) in [5.74, 6) is -0.511. The monoisotopic (exact) mass is 283 g/mol. The van der Waals surface area contributed by atoms with E-state index in [0.717, 1.165) is 18.5 Å². The van der Waals surface area contributed by atoms with Gasteiger partial charge in [0.15, 0.2) is 0 Å². The summed E-state index contributed by atoms with van der Waals surface area (Å²) in [7, 11) is 3.03. The van der Waals surface area contributed by atoms with Gasteiger partial charge in [-0.25, -0.2) is 4.39 Å². The van der Waals surface area contributed by atoms with Gasteiger partial charge in [-0.15, -0.1) is 0 Å². The molecule has 0 fully saturated rings. The minimum Gasteiger partial charge on any atom is -0.469 e. The van der Waals surface area contributed by atoms with Gasteiger partial charge < -0.3 is 14.8 Å². The Bertz CT molecular complexity index is 395. The SMILES string of the molecule is COCCCNC(CC(=O)OC)Cc1ccc(F)cc1. The first-order valence-corrected chi connectivity index (χ1v) is 6.69. The third kappa shape index (κ3) is 6.63. The summed E-state index contributed by atoms with van der Waals surface area (Å²) < 4.78 is 22.6. The predicted molar refractivity (Wildman–Crippen MR) is 75.0 cm³/mol. The number of carbonyl (C=O) groups excluding carboxylic acids is 1. The summed E-state index contributed by atoms with van der Waals surface area (Å²) in [4.78, 5) is 11.4. The highest BCUT2D eigenvalue weighted by atomic mass is 19.1. The number of benzene rings is 1. The lowest BCUT2D eigenvalue weighted by Gasteiger charge is -2.17. The van der Waals surface area contributed by atoms with Crippen LogP contribution in [0.3, 0.4) is 0 Å². The molecule has 0 aliphatic carbocycles. The van der Waals surface area contributed by atoms with E-state index >= 15 is 0 Å². The first-order chi connectivity index (χ1) is 9.65. The minimum atomic E-state index is -0.258. The number of rotatable bonds is 9. The van der Waals surface area contributed by atoms with E-state index in [9.17, 15) is 9.18 Å². The molecule has 0 saturated heterocycles. The molecule has 0 saturated carbocycles. The summed E-state index contributed by atoms with van der Waals surface area (Å²) in [6.45, 7) is 1.44. The molecule has 0 aliphatic rings. The highest BCUT2D eigenvalue weighted by molar-refractivity contribution is 5.69. The van der Waals surface area contributed by atoms with E-state index in [1.54, 1.807) is 19.2 Å². The van der Waals surface area contributed by atoms with Crippen molar-refractivity contribution in [2.24, 2.45) is 0 Å². The Morgan fingerprint density at radius 2 is 2.00 bits per heavy atom. The molecule has 0 spiro atoms. The molecule has 1 rings (SSSR count). The highest BCUT2D eigenvalue weighted by Gasteiger charge is 2.14. The number of ether oxygens (including phenoxy) is 2. The second-order valence-electron chi connectivity index (χ2n) is 4.61. The van der Waals surface area contributed by atoms with Crippen LogP contribution in [0.5, 0.6) is 0 Å². The van der Waals surface area contributed by atoms with Crippen molar-refractivity contribution < 1.29 is 18.7 Å². The summed E-state index contributed by atoms with van der Waals surface area (Å²) >= 11 is 0. The quantitative estimate of drug-likeness (QED) is 0.555. The standard InChI is InChI=1S/C15H22FNO3/c1-19-9-3-8-17-14(11-15(18)20-2)10-12-4-6-13(16)7-5-12/h4-7,14,17H,3,8-11H2,1-2H3. The van der Waals surface area contributed by atoms with Gasteiger partial charge in [0.25, 0.3) is 0 Å². The van der Waals surface area contributed by atoms with Gasteiger partial charge in [0.2, 0.25) is 0 Å². The maximum atomic E-state index is 12.9. The molecule has 0 bridgehead atoms. The molecule has 0 heterocycles. The molecule has 0 radical (unpaired) electrons. The number of halogens is 1. The molecular weight excluding hydrogens is 261 g/mol. The van der Waals surface area contributed by atoms with Crippen molar-refractivity contribution in [3.8, 4) is 0 Å². The predicted octanol–water partition coefficient (Wildman–Crippen LogP) is 1.93. The van der Waals surface area contributed by atoms with Crippen molar-refractivity contribution >= 4 is 5.97 Å². The normalized spacial score (nSPS) is 12.2. The Labute approximate surface area is 119 Å². The topological polar surface area (TPSA) is 47.6 Å². The molecule has 1 unspecified atom stereocenters. The van der Waals surface area contributed by atoms with Crippen LogP contribution < -0.4 is 5.32 Å². The number of carbonyl (C=O) groups is 1. The van der Waals surface area contributed by atoms with Gasteiger partial charge in [-0.05, 0) is 37.1 Å². The Balaban J connectivity index is 2.52. The lowest BCUT2D eigenvalue weighted by atomic mass is 10.0. The lowest BCUT2D eigenvalue weighted by molar-refractivity contribution is -0.141. The second kappa shape index (κ2) is 9.44. The molecule has 1 aromatic rings. The fraction of sp³-hybridized carbons (Fsp3) is 0.533. The van der Waals surface area contributed by atoms with Gasteiger partial charge >= 0.3 is 5.97 Å². The maximum absolute atomic E-state index is 12.9. The van der Waals surface area contributed by atoms with Crippen molar-refractivity contribution in [1.29, 1.82) is 0 Å². The summed E-state index contributed by atoms with van der Waals surface area (Å²) in [5.41, 5.74) is 0.986. The molecule has 4 nitrogen and oxygen atoms in total. The molecule has 5 heteroatoms. The van der Waals surface area contributed by atoms with Crippen LogP contribution in [-0.4, -0.2) is 39.4 Å². The first-order valence-electron chi connectivity index (χ1n) is 6.69. The van der Waals surface area contributed by atoms with E-state index < -0.39 is 0 Å². The average molecular weight is 283 g/mol. The Morgan fingerprint density at radius 3 is 2.60 bits per heavy atom. The van der Waals surface area contributed by atoms with Crippen LogP contribution in [-0.2, 0) is 20.7 Å². The third-order valence-electron chi connectivity index (χ3n) is 2.99. The number of esters is 1. The Hall–Kier alpha value is -1.46. The van der Waals surface area contributed by atoms with E-state index in [1.165, 1.54) is 19.2 Å². The van der Waals surface area contributed by atoms with E-state index in [-0.39, 0.29) is 17.8 Å². The fourth-order valence-electron chi connectivity index (χ4n) is 1.93. The van der Waals surface area contributed by atoms with Gasteiger partial charge in [-0.3, -0.25) is 4.79 Å². The van der Waals surface area contributed by atoms with E-state index in [1.807, 2.05) is 0 Å². The van der Waals surface area contributed by atoms with Gasteiger partial charge in [0.1, 0.15) is 5.82 Å². The molecule has 0 amide bonds. The minimum absolute atomic E-state index is 0.0234. The summed E-state index contributed by atoms with van der Waals surface area (Å²) in [5, 5.41) is 3.31. The molecule has 112 valence electrons. The zero-order valence-corrected chi connectivity index (χ0v) is 12.0. The van der Waals surface area contributed by atoms with Crippen LogP contribution in [0, 0.1) is 5.82 Å². The van der Waals surface area contributed by atoms with E-state index in [0.29, 0.717) is 19.4 Å². The second-order valence-corrected chi connectivity index (χ2v) is 4.61. The van der Waals surface area contributed by atoms with Gasteiger partial charge in [-0.2, -0.15) is 0 Å². The molecule has 20 heavy (non-hydrogen) atoms. The molecular formula is C15H22FNO3. The van der Waals surface area contributed by atoms with Crippen LogP contribution in [0.25, 0.3) is 0 Å². The maximum Gasteiger partial charge on any atom is 0.307 e. The van der Waals surface area contributed by atoms with Crippen molar-refractivity contribution in [3.63, 3.8) is 0 Å². The molecule has 1 atom stereocenters. The largest absolute Gasteiger partial charge is 0.469 e. The van der Waals surface area contributed by atoms with E-state index in [4.69, 9.17) is 9.47 Å². The summed E-state index contributed by atoms with van der Waals surface area (Å²) in [6.07, 6.45) is 1.82. The van der Waals surface area contributed by atoms with E-state index in [2.05, 4.69) is 5.32 Å². The number of hydrogen-bond donors (Lipinski definition) is 1. The Kier molecular flexibility index (Phi) is 7.84. The lowest BCUT2D eigenvalue weighted by Crippen LogP contribution is -2.34. The van der Waals surface area contributed by atoms with Gasteiger partial charge in [-0.1, -0.05) is 12.1 Å². The third-order valence-corrected chi connectivity index (χ3v) is 2.99. The number of methoxy groups -OCH3 is 2. The van der Waals surface area contributed by atoms with Crippen molar-refractivity contribution in [2.75, 3.05) is 27.4 Å². The zero-order chi connectivity index (χ0) is 14.8. The molecule has 1 N–H and O–H groups in total. The summed E-state index contributed by atoms with van der Waals surface area (Å²) in [6, 6.07) is 6.29. The molecule has 0 aliphatic heterocycles. The smallest absolute Gasteiger partial charge is 0.307 e. The highest BCUT2D eigenvalue weighted by Crippen LogP contribution is 2.08. The van der Waals surface area contributed by atoms with Crippen LogP contribution >= 0.6 is 0 Å². The van der Waals surface area contributed by atoms with Crippen LogP contribution in [0.1, 0.15) is 18.4 Å². The number of hydrogen-bond acceptors (Lipinski definition) is 4. The van der Waals surface area contributed by atoms with Crippen molar-refractivity contribution in [2.45, 2.75) is 25.3 Å². The zero-order valence-electron chi connectivity index (χ0n) is 12.0. The molecule has 1 aromatic carbocycles. The van der Waals surface area contributed by atoms with Crippen LogP contribution in [0.4, 0.5) is 4.39 Å². The molecule has 0 aromatic heterocycles. The van der Waals surface area contributed by atoms with Gasteiger partial charge in [0.05, 0.1) is 13.5 Å². The fourth-order valence-corrected chi connectivity index (χ4v) is 1.93. The van der Waals surface area contributed by atoms with Crippen molar-refractivity contribution in [1.82, 2.24) is 5.32 Å². The first kappa shape index (κ1) is 16.6. The number of nitrogens with one attached hydrogen (secondary N) is 1. The van der Waals surface area contributed by atoms with Crippen LogP contribution in [0.15, 0.2) is 24.3 Å².